The summed E-state index contributed by atoms with van der Waals surface area (Å²) in [6.07, 6.45) is 4.42. The van der Waals surface area contributed by atoms with Gasteiger partial charge in [-0.05, 0) is 24.1 Å². The molecular formula is C15H17NO2. The van der Waals surface area contributed by atoms with Crippen LogP contribution in [0.15, 0.2) is 41.0 Å². The Balaban J connectivity index is 1.72. The first-order valence-electron chi connectivity index (χ1n) is 6.37. The molecule has 0 fully saturated rings. The molecule has 1 aromatic heterocycles. The monoisotopic (exact) mass is 243 g/mol. The maximum Gasteiger partial charge on any atom is 0.127 e. The van der Waals surface area contributed by atoms with E-state index in [1.165, 1.54) is 5.56 Å². The summed E-state index contributed by atoms with van der Waals surface area (Å²) in [5.74, 6) is 1.99. The first-order valence-corrected chi connectivity index (χ1v) is 6.37. The zero-order valence-electron chi connectivity index (χ0n) is 10.3. The third kappa shape index (κ3) is 2.14. The molecule has 2 N–H and O–H groups in total. The minimum absolute atomic E-state index is 0.00292. The maximum absolute atomic E-state index is 6.26. The van der Waals surface area contributed by atoms with Crippen LogP contribution in [0.4, 0.5) is 0 Å². The van der Waals surface area contributed by atoms with E-state index in [1.807, 2.05) is 12.1 Å². The van der Waals surface area contributed by atoms with Crippen LogP contribution in [-0.2, 0) is 12.8 Å². The van der Waals surface area contributed by atoms with E-state index in [-0.39, 0.29) is 6.04 Å². The molecule has 1 aliphatic rings. The predicted octanol–water partition coefficient (Wildman–Crippen LogP) is 2.85. The number of para-hydroxylation sites is 1. The van der Waals surface area contributed by atoms with Crippen LogP contribution >= 0.6 is 0 Å². The van der Waals surface area contributed by atoms with Gasteiger partial charge >= 0.3 is 0 Å². The van der Waals surface area contributed by atoms with Crippen LogP contribution < -0.4 is 10.5 Å². The van der Waals surface area contributed by atoms with Crippen molar-refractivity contribution < 1.29 is 9.15 Å². The van der Waals surface area contributed by atoms with Crippen LogP contribution in [0.3, 0.4) is 0 Å². The first kappa shape index (κ1) is 11.4. The predicted molar refractivity (Wildman–Crippen MR) is 69.6 cm³/mol. The van der Waals surface area contributed by atoms with E-state index in [4.69, 9.17) is 14.9 Å². The summed E-state index contributed by atoms with van der Waals surface area (Å²) in [6, 6.07) is 10.1. The van der Waals surface area contributed by atoms with Crippen molar-refractivity contribution in [3.05, 3.63) is 53.5 Å². The lowest BCUT2D eigenvalue weighted by molar-refractivity contribution is 0.350. The number of hydrogen-bond donors (Lipinski definition) is 1. The summed E-state index contributed by atoms with van der Waals surface area (Å²) >= 11 is 0. The Bertz CT molecular complexity index is 519. The summed E-state index contributed by atoms with van der Waals surface area (Å²) in [7, 11) is 0. The Hall–Kier alpha value is -1.74. The number of aryl methyl sites for hydroxylation is 1. The van der Waals surface area contributed by atoms with Crippen LogP contribution in [0.2, 0.25) is 0 Å². The van der Waals surface area contributed by atoms with Crippen molar-refractivity contribution in [2.45, 2.75) is 25.3 Å². The van der Waals surface area contributed by atoms with E-state index < -0.39 is 0 Å². The van der Waals surface area contributed by atoms with Crippen molar-refractivity contribution in [2.75, 3.05) is 6.61 Å². The van der Waals surface area contributed by atoms with Crippen molar-refractivity contribution in [3.8, 4) is 5.75 Å². The molecule has 0 radical (unpaired) electrons. The quantitative estimate of drug-likeness (QED) is 0.898. The second kappa shape index (κ2) is 4.86. The summed E-state index contributed by atoms with van der Waals surface area (Å²) in [5.41, 5.74) is 8.66. The highest BCUT2D eigenvalue weighted by molar-refractivity contribution is 5.45. The van der Waals surface area contributed by atoms with E-state index in [9.17, 15) is 0 Å². The number of rotatable bonds is 4. The number of furan rings is 1. The van der Waals surface area contributed by atoms with Gasteiger partial charge in [-0.3, -0.25) is 0 Å². The van der Waals surface area contributed by atoms with E-state index in [2.05, 4.69) is 18.2 Å². The van der Waals surface area contributed by atoms with Crippen LogP contribution in [0.5, 0.6) is 5.75 Å². The first-order chi connectivity index (χ1) is 8.84. The molecule has 0 saturated heterocycles. The number of hydrogen-bond acceptors (Lipinski definition) is 3. The van der Waals surface area contributed by atoms with Gasteiger partial charge in [-0.25, -0.2) is 0 Å². The van der Waals surface area contributed by atoms with Gasteiger partial charge in [0.1, 0.15) is 11.5 Å². The lowest BCUT2D eigenvalue weighted by Crippen LogP contribution is -2.12. The maximum atomic E-state index is 6.26. The highest BCUT2D eigenvalue weighted by Crippen LogP contribution is 2.34. The minimum atomic E-state index is 0.00292. The average molecular weight is 243 g/mol. The Morgan fingerprint density at radius 2 is 2.17 bits per heavy atom. The Labute approximate surface area is 107 Å². The largest absolute Gasteiger partial charge is 0.493 e. The van der Waals surface area contributed by atoms with Crippen LogP contribution in [0.1, 0.15) is 29.3 Å². The molecule has 1 unspecified atom stereocenters. The standard InChI is InChI=1S/C15H17NO2/c16-14(7-6-12-4-2-9-17-12)13-5-1-3-11-8-10-18-15(11)13/h1-5,9,14H,6-8,10,16H2. The average Bonchev–Trinajstić information content (AvgIpc) is 3.05. The molecule has 0 spiro atoms. The Kier molecular flexibility index (Phi) is 3.07. The third-order valence-corrected chi connectivity index (χ3v) is 3.43. The molecule has 3 nitrogen and oxygen atoms in total. The lowest BCUT2D eigenvalue weighted by atomic mass is 9.98. The van der Waals surface area contributed by atoms with Crippen LogP contribution in [0, 0.1) is 0 Å². The fourth-order valence-corrected chi connectivity index (χ4v) is 2.44. The zero-order chi connectivity index (χ0) is 12.4. The SMILES string of the molecule is NC(CCc1ccco1)c1cccc2c1OCC2. The Morgan fingerprint density at radius 1 is 1.22 bits per heavy atom. The summed E-state index contributed by atoms with van der Waals surface area (Å²) in [4.78, 5) is 0. The molecule has 1 aromatic carbocycles. The number of ether oxygens (including phenoxy) is 1. The zero-order valence-corrected chi connectivity index (χ0v) is 10.3. The van der Waals surface area contributed by atoms with Crippen molar-refractivity contribution in [1.82, 2.24) is 0 Å². The normalized spacial score (nSPS) is 15.2. The van der Waals surface area contributed by atoms with Gasteiger partial charge in [0, 0.05) is 24.4 Å². The fraction of sp³-hybridized carbons (Fsp3) is 0.333. The molecule has 3 heteroatoms. The van der Waals surface area contributed by atoms with Crippen LogP contribution in [-0.4, -0.2) is 6.61 Å². The summed E-state index contributed by atoms with van der Waals surface area (Å²) in [6.45, 7) is 0.775. The fourth-order valence-electron chi connectivity index (χ4n) is 2.44. The molecule has 2 heterocycles. The van der Waals surface area contributed by atoms with E-state index in [0.29, 0.717) is 0 Å². The number of fused-ring (bicyclic) bond motifs is 1. The van der Waals surface area contributed by atoms with E-state index in [0.717, 1.165) is 42.9 Å². The highest BCUT2D eigenvalue weighted by atomic mass is 16.5. The van der Waals surface area contributed by atoms with Gasteiger partial charge in [0.2, 0.25) is 0 Å². The molecule has 0 saturated carbocycles. The van der Waals surface area contributed by atoms with E-state index >= 15 is 0 Å². The van der Waals surface area contributed by atoms with Crippen molar-refractivity contribution in [1.29, 1.82) is 0 Å². The third-order valence-electron chi connectivity index (χ3n) is 3.43. The van der Waals surface area contributed by atoms with Gasteiger partial charge in [-0.15, -0.1) is 0 Å². The minimum Gasteiger partial charge on any atom is -0.493 e. The van der Waals surface area contributed by atoms with Gasteiger partial charge in [-0.1, -0.05) is 18.2 Å². The highest BCUT2D eigenvalue weighted by Gasteiger charge is 2.19. The molecule has 0 bridgehead atoms. The van der Waals surface area contributed by atoms with Crippen LogP contribution in [0.25, 0.3) is 0 Å². The number of nitrogens with two attached hydrogens (primary N) is 1. The summed E-state index contributed by atoms with van der Waals surface area (Å²) < 4.78 is 11.0. The van der Waals surface area contributed by atoms with Gasteiger partial charge in [0.15, 0.2) is 0 Å². The molecule has 2 aromatic rings. The van der Waals surface area contributed by atoms with Gasteiger partial charge in [0.25, 0.3) is 0 Å². The number of benzene rings is 1. The second-order valence-corrected chi connectivity index (χ2v) is 4.66. The van der Waals surface area contributed by atoms with Gasteiger partial charge in [-0.2, -0.15) is 0 Å². The van der Waals surface area contributed by atoms with Crippen molar-refractivity contribution in [2.24, 2.45) is 5.73 Å². The molecule has 94 valence electrons. The second-order valence-electron chi connectivity index (χ2n) is 4.66. The van der Waals surface area contributed by atoms with Crippen molar-refractivity contribution >= 4 is 0 Å². The molecule has 3 rings (SSSR count). The molecule has 0 amide bonds. The molecule has 1 aliphatic heterocycles. The van der Waals surface area contributed by atoms with Gasteiger partial charge < -0.3 is 14.9 Å². The molecule has 18 heavy (non-hydrogen) atoms. The van der Waals surface area contributed by atoms with Crippen molar-refractivity contribution in [3.63, 3.8) is 0 Å². The molecule has 0 aliphatic carbocycles. The molecule has 1 atom stereocenters. The summed E-state index contributed by atoms with van der Waals surface area (Å²) in [5, 5.41) is 0. The lowest BCUT2D eigenvalue weighted by Gasteiger charge is -2.14. The van der Waals surface area contributed by atoms with Gasteiger partial charge in [0.05, 0.1) is 12.9 Å². The Morgan fingerprint density at radius 3 is 3.00 bits per heavy atom. The molecular weight excluding hydrogens is 226 g/mol. The topological polar surface area (TPSA) is 48.4 Å². The van der Waals surface area contributed by atoms with E-state index in [1.54, 1.807) is 6.26 Å². The smallest absolute Gasteiger partial charge is 0.127 e.